The summed E-state index contributed by atoms with van der Waals surface area (Å²) in [6.45, 7) is 3.24. The first-order valence-corrected chi connectivity index (χ1v) is 9.38. The van der Waals surface area contributed by atoms with Crippen LogP contribution in [0.1, 0.15) is 23.1 Å². The summed E-state index contributed by atoms with van der Waals surface area (Å²) in [7, 11) is 3.05. The topological polar surface area (TPSA) is 103 Å². The Morgan fingerprint density at radius 2 is 1.70 bits per heavy atom. The number of imide groups is 1. The Bertz CT molecular complexity index is 926. The van der Waals surface area contributed by atoms with Gasteiger partial charge in [0.25, 0.3) is 5.91 Å². The summed E-state index contributed by atoms with van der Waals surface area (Å²) >= 11 is 0. The van der Waals surface area contributed by atoms with Gasteiger partial charge in [0.15, 0.2) is 18.1 Å². The van der Waals surface area contributed by atoms with E-state index in [1.165, 1.54) is 14.2 Å². The maximum absolute atomic E-state index is 12.0. The first kappa shape index (κ1) is 22.7. The van der Waals surface area contributed by atoms with Crippen molar-refractivity contribution in [2.24, 2.45) is 0 Å². The van der Waals surface area contributed by atoms with Gasteiger partial charge in [0.1, 0.15) is 0 Å². The number of methoxy groups -OCH3 is 2. The third-order valence-corrected chi connectivity index (χ3v) is 4.55. The number of hydrogen-bond acceptors (Lipinski definition) is 6. The lowest BCUT2D eigenvalue weighted by molar-refractivity contribution is -0.148. The summed E-state index contributed by atoms with van der Waals surface area (Å²) in [6, 6.07) is 10.1. The van der Waals surface area contributed by atoms with Crippen LogP contribution in [0.4, 0.5) is 10.5 Å². The van der Waals surface area contributed by atoms with Gasteiger partial charge in [-0.3, -0.25) is 14.9 Å². The fourth-order valence-electron chi connectivity index (χ4n) is 2.81. The molecule has 0 spiro atoms. The summed E-state index contributed by atoms with van der Waals surface area (Å²) in [5.74, 6) is -0.165. The SMILES string of the molecule is COc1cccc(CCC(=O)OCC(=O)NC(=O)Nc2cccc(C)c2C)c1OC. The van der Waals surface area contributed by atoms with E-state index in [1.54, 1.807) is 24.3 Å². The van der Waals surface area contributed by atoms with E-state index in [0.717, 1.165) is 16.7 Å². The van der Waals surface area contributed by atoms with Crippen molar-refractivity contribution in [3.05, 3.63) is 53.1 Å². The molecule has 2 N–H and O–H groups in total. The zero-order valence-corrected chi connectivity index (χ0v) is 17.5. The number of benzene rings is 2. The molecule has 0 aliphatic carbocycles. The molecule has 2 rings (SSSR count). The van der Waals surface area contributed by atoms with Crippen molar-refractivity contribution in [2.45, 2.75) is 26.7 Å². The molecule has 0 radical (unpaired) electrons. The van der Waals surface area contributed by atoms with E-state index in [-0.39, 0.29) is 6.42 Å². The number of anilines is 1. The lowest BCUT2D eigenvalue weighted by atomic mass is 10.1. The third kappa shape index (κ3) is 6.23. The third-order valence-electron chi connectivity index (χ3n) is 4.55. The number of aryl methyl sites for hydroxylation is 2. The van der Waals surface area contributed by atoms with Gasteiger partial charge in [-0.25, -0.2) is 4.79 Å². The van der Waals surface area contributed by atoms with Gasteiger partial charge in [-0.2, -0.15) is 0 Å². The van der Waals surface area contributed by atoms with Crippen LogP contribution in [0.15, 0.2) is 36.4 Å². The van der Waals surface area contributed by atoms with Gasteiger partial charge in [0, 0.05) is 12.1 Å². The van der Waals surface area contributed by atoms with Crippen LogP contribution in [0.25, 0.3) is 0 Å². The number of para-hydroxylation sites is 1. The molecule has 0 aromatic heterocycles. The molecule has 8 heteroatoms. The van der Waals surface area contributed by atoms with Gasteiger partial charge in [-0.1, -0.05) is 24.3 Å². The van der Waals surface area contributed by atoms with Gasteiger partial charge in [0.05, 0.1) is 14.2 Å². The maximum atomic E-state index is 12.0. The molecule has 0 saturated carbocycles. The van der Waals surface area contributed by atoms with E-state index in [1.807, 2.05) is 26.0 Å². The number of ether oxygens (including phenoxy) is 3. The van der Waals surface area contributed by atoms with Crippen LogP contribution >= 0.6 is 0 Å². The van der Waals surface area contributed by atoms with Crippen LogP contribution in [0.3, 0.4) is 0 Å². The Balaban J connectivity index is 1.79. The summed E-state index contributed by atoms with van der Waals surface area (Å²) in [5.41, 5.74) is 3.30. The van der Waals surface area contributed by atoms with Gasteiger partial charge in [0.2, 0.25) is 0 Å². The second kappa shape index (κ2) is 10.8. The average molecular weight is 414 g/mol. The summed E-state index contributed by atoms with van der Waals surface area (Å²) < 4.78 is 15.5. The minimum Gasteiger partial charge on any atom is -0.493 e. The van der Waals surface area contributed by atoms with Crippen LogP contribution in [0.5, 0.6) is 11.5 Å². The van der Waals surface area contributed by atoms with Crippen molar-refractivity contribution in [1.82, 2.24) is 5.32 Å². The Kier molecular flexibility index (Phi) is 8.22. The van der Waals surface area contributed by atoms with Crippen molar-refractivity contribution < 1.29 is 28.6 Å². The molecule has 2 aromatic carbocycles. The number of carbonyl (C=O) groups is 3. The molecular weight excluding hydrogens is 388 g/mol. The van der Waals surface area contributed by atoms with E-state index >= 15 is 0 Å². The first-order chi connectivity index (χ1) is 14.3. The van der Waals surface area contributed by atoms with Gasteiger partial charge < -0.3 is 19.5 Å². The molecule has 0 saturated heterocycles. The molecule has 160 valence electrons. The van der Waals surface area contributed by atoms with E-state index < -0.39 is 24.5 Å². The van der Waals surface area contributed by atoms with Gasteiger partial charge in [-0.15, -0.1) is 0 Å². The molecule has 0 aliphatic rings. The molecular formula is C22H26N2O6. The minimum absolute atomic E-state index is 0.0471. The molecule has 0 bridgehead atoms. The smallest absolute Gasteiger partial charge is 0.325 e. The number of esters is 1. The van der Waals surface area contributed by atoms with Crippen molar-refractivity contribution >= 4 is 23.6 Å². The Morgan fingerprint density at radius 3 is 2.40 bits per heavy atom. The molecule has 30 heavy (non-hydrogen) atoms. The number of amides is 3. The molecule has 2 aromatic rings. The maximum Gasteiger partial charge on any atom is 0.325 e. The minimum atomic E-state index is -0.717. The van der Waals surface area contributed by atoms with Gasteiger partial charge >= 0.3 is 12.0 Å². The lowest BCUT2D eigenvalue weighted by Gasteiger charge is -2.12. The first-order valence-electron chi connectivity index (χ1n) is 9.38. The van der Waals surface area contributed by atoms with Crippen molar-refractivity contribution in [3.63, 3.8) is 0 Å². The predicted octanol–water partition coefficient (Wildman–Crippen LogP) is 3.14. The molecule has 0 atom stereocenters. The largest absolute Gasteiger partial charge is 0.493 e. The van der Waals surface area contributed by atoms with E-state index in [2.05, 4.69) is 10.6 Å². The predicted molar refractivity (Wildman–Crippen MR) is 112 cm³/mol. The Hall–Kier alpha value is -3.55. The molecule has 0 heterocycles. The van der Waals surface area contributed by atoms with E-state index in [0.29, 0.717) is 23.6 Å². The second-order valence-electron chi connectivity index (χ2n) is 6.56. The van der Waals surface area contributed by atoms with E-state index in [9.17, 15) is 14.4 Å². The highest BCUT2D eigenvalue weighted by Crippen LogP contribution is 2.31. The highest BCUT2D eigenvalue weighted by Gasteiger charge is 2.14. The van der Waals surface area contributed by atoms with Crippen LogP contribution in [-0.2, 0) is 20.7 Å². The van der Waals surface area contributed by atoms with Crippen LogP contribution in [-0.4, -0.2) is 38.7 Å². The lowest BCUT2D eigenvalue weighted by Crippen LogP contribution is -2.37. The zero-order chi connectivity index (χ0) is 22.1. The molecule has 0 fully saturated rings. The Morgan fingerprint density at radius 1 is 0.967 bits per heavy atom. The summed E-state index contributed by atoms with van der Waals surface area (Å²) in [6.07, 6.45) is 0.402. The molecule has 0 unspecified atom stereocenters. The standard InChI is InChI=1S/C22H26N2O6/c1-14-7-5-9-17(15(14)2)23-22(27)24-19(25)13-30-20(26)12-11-16-8-6-10-18(28-3)21(16)29-4/h5-10H,11-13H2,1-4H3,(H2,23,24,25,27). The van der Waals surface area contributed by atoms with Crippen LogP contribution < -0.4 is 20.1 Å². The molecule has 0 aliphatic heterocycles. The van der Waals surface area contributed by atoms with Crippen LogP contribution in [0, 0.1) is 13.8 Å². The number of urea groups is 1. The molecule has 8 nitrogen and oxygen atoms in total. The van der Waals surface area contributed by atoms with Crippen molar-refractivity contribution in [3.8, 4) is 11.5 Å². The number of nitrogens with one attached hydrogen (secondary N) is 2. The number of carbonyl (C=O) groups excluding carboxylic acids is 3. The number of hydrogen-bond donors (Lipinski definition) is 2. The highest BCUT2D eigenvalue weighted by atomic mass is 16.5. The Labute approximate surface area is 175 Å². The van der Waals surface area contributed by atoms with Crippen LogP contribution in [0.2, 0.25) is 0 Å². The summed E-state index contributed by atoms with van der Waals surface area (Å²) in [4.78, 5) is 35.8. The summed E-state index contributed by atoms with van der Waals surface area (Å²) in [5, 5.41) is 4.74. The normalized spacial score (nSPS) is 10.1. The van der Waals surface area contributed by atoms with Crippen molar-refractivity contribution in [2.75, 3.05) is 26.1 Å². The average Bonchev–Trinajstić information content (AvgIpc) is 2.73. The second-order valence-corrected chi connectivity index (χ2v) is 6.56. The van der Waals surface area contributed by atoms with E-state index in [4.69, 9.17) is 14.2 Å². The monoisotopic (exact) mass is 414 g/mol. The molecule has 3 amide bonds. The quantitative estimate of drug-likeness (QED) is 0.644. The highest BCUT2D eigenvalue weighted by molar-refractivity contribution is 6.02. The number of rotatable bonds is 8. The zero-order valence-electron chi connectivity index (χ0n) is 17.5. The fraction of sp³-hybridized carbons (Fsp3) is 0.318. The fourth-order valence-corrected chi connectivity index (χ4v) is 2.81. The van der Waals surface area contributed by atoms with Crippen molar-refractivity contribution in [1.29, 1.82) is 0 Å². The van der Waals surface area contributed by atoms with Gasteiger partial charge in [-0.05, 0) is 49.1 Å².